The van der Waals surface area contributed by atoms with E-state index in [0.29, 0.717) is 23.2 Å². The minimum atomic E-state index is -0.656. The number of carbonyl (C=O) groups excluding carboxylic acids is 1. The van der Waals surface area contributed by atoms with Gasteiger partial charge in [-0.05, 0) is 13.8 Å². The number of anilines is 2. The fourth-order valence-electron chi connectivity index (χ4n) is 1.35. The van der Waals surface area contributed by atoms with E-state index in [-0.39, 0.29) is 18.3 Å². The van der Waals surface area contributed by atoms with Gasteiger partial charge in [0.1, 0.15) is 10.7 Å². The number of nitrogens with zero attached hydrogens (tertiary/aromatic N) is 2. The van der Waals surface area contributed by atoms with Crippen LogP contribution in [0.15, 0.2) is 0 Å². The first-order chi connectivity index (χ1) is 9.33. The maximum atomic E-state index is 12.4. The highest BCUT2D eigenvalue weighted by Gasteiger charge is 2.30. The molecule has 0 fully saturated rings. The van der Waals surface area contributed by atoms with Gasteiger partial charge in [0.05, 0.1) is 18.8 Å². The van der Waals surface area contributed by atoms with Gasteiger partial charge < -0.3 is 25.8 Å². The third-order valence-electron chi connectivity index (χ3n) is 3.03. The standard InChI is InChI=1S/C12H22N4O3S/c1-12(2,7-17)16(3)10(18)8-9(13)15-11(20-8)14-5-6-19-4/h17H,5-7,13H2,1-4H3,(H,14,15). The van der Waals surface area contributed by atoms with Crippen LogP contribution in [0.1, 0.15) is 23.5 Å². The number of hydrogen-bond donors (Lipinski definition) is 3. The predicted molar refractivity (Wildman–Crippen MR) is 80.2 cm³/mol. The van der Waals surface area contributed by atoms with E-state index in [2.05, 4.69) is 10.3 Å². The second-order valence-electron chi connectivity index (χ2n) is 4.99. The summed E-state index contributed by atoms with van der Waals surface area (Å²) in [5.41, 5.74) is 5.13. The molecule has 0 bridgehead atoms. The molecule has 20 heavy (non-hydrogen) atoms. The molecule has 0 atom stereocenters. The number of ether oxygens (including phenoxy) is 1. The van der Waals surface area contributed by atoms with Crippen LogP contribution in [0.3, 0.4) is 0 Å². The molecule has 0 radical (unpaired) electrons. The summed E-state index contributed by atoms with van der Waals surface area (Å²) in [4.78, 5) is 18.3. The number of nitrogens with two attached hydrogens (primary N) is 1. The van der Waals surface area contributed by atoms with Gasteiger partial charge in [0.25, 0.3) is 5.91 Å². The summed E-state index contributed by atoms with van der Waals surface area (Å²) in [5.74, 6) is -0.0562. The summed E-state index contributed by atoms with van der Waals surface area (Å²) in [6.45, 7) is 4.56. The number of aromatic nitrogens is 1. The molecule has 7 nitrogen and oxygen atoms in total. The largest absolute Gasteiger partial charge is 0.394 e. The first-order valence-corrected chi connectivity index (χ1v) is 7.03. The number of rotatable bonds is 7. The Morgan fingerprint density at radius 2 is 2.25 bits per heavy atom. The van der Waals surface area contributed by atoms with Crippen LogP contribution >= 0.6 is 11.3 Å². The molecule has 114 valence electrons. The lowest BCUT2D eigenvalue weighted by molar-refractivity contribution is 0.0478. The molecule has 0 aliphatic rings. The van der Waals surface area contributed by atoms with Crippen molar-refractivity contribution in [2.45, 2.75) is 19.4 Å². The van der Waals surface area contributed by atoms with E-state index >= 15 is 0 Å². The number of nitrogens with one attached hydrogen (secondary N) is 1. The summed E-state index contributed by atoms with van der Waals surface area (Å²) in [7, 11) is 3.24. The van der Waals surface area contributed by atoms with Crippen LogP contribution in [-0.2, 0) is 4.74 Å². The molecule has 0 saturated heterocycles. The van der Waals surface area contributed by atoms with E-state index in [4.69, 9.17) is 10.5 Å². The van der Waals surface area contributed by atoms with E-state index < -0.39 is 5.54 Å². The zero-order valence-corrected chi connectivity index (χ0v) is 13.1. The summed E-state index contributed by atoms with van der Waals surface area (Å²) in [6.07, 6.45) is 0. The summed E-state index contributed by atoms with van der Waals surface area (Å²) in [6, 6.07) is 0. The lowest BCUT2D eigenvalue weighted by Gasteiger charge is -2.33. The fourth-order valence-corrected chi connectivity index (χ4v) is 2.24. The van der Waals surface area contributed by atoms with Gasteiger partial charge in [-0.15, -0.1) is 0 Å². The van der Waals surface area contributed by atoms with Crippen LogP contribution in [0.25, 0.3) is 0 Å². The van der Waals surface area contributed by atoms with Crippen molar-refractivity contribution in [3.05, 3.63) is 4.88 Å². The molecular weight excluding hydrogens is 280 g/mol. The predicted octanol–water partition coefficient (Wildman–Crippen LogP) is 0.627. The van der Waals surface area contributed by atoms with Crippen molar-refractivity contribution >= 4 is 28.2 Å². The first-order valence-electron chi connectivity index (χ1n) is 6.21. The highest BCUT2D eigenvalue weighted by Crippen LogP contribution is 2.27. The first kappa shape index (κ1) is 16.7. The summed E-state index contributed by atoms with van der Waals surface area (Å²) < 4.78 is 4.93. The Balaban J connectivity index is 2.83. The van der Waals surface area contributed by atoms with Crippen LogP contribution in [0.4, 0.5) is 10.9 Å². The van der Waals surface area contributed by atoms with Crippen molar-refractivity contribution in [1.82, 2.24) is 9.88 Å². The molecule has 1 aromatic heterocycles. The second-order valence-corrected chi connectivity index (χ2v) is 5.99. The lowest BCUT2D eigenvalue weighted by atomic mass is 10.1. The number of aliphatic hydroxyl groups is 1. The van der Waals surface area contributed by atoms with Crippen molar-refractivity contribution in [2.24, 2.45) is 0 Å². The maximum absolute atomic E-state index is 12.4. The Bertz CT molecular complexity index is 462. The van der Waals surface area contributed by atoms with Gasteiger partial charge in [-0.1, -0.05) is 11.3 Å². The topological polar surface area (TPSA) is 101 Å². The fraction of sp³-hybridized carbons (Fsp3) is 0.667. The molecule has 1 amide bonds. The van der Waals surface area contributed by atoms with Crippen molar-refractivity contribution in [1.29, 1.82) is 0 Å². The average Bonchev–Trinajstić information content (AvgIpc) is 2.78. The van der Waals surface area contributed by atoms with E-state index in [1.807, 2.05) is 0 Å². The molecule has 4 N–H and O–H groups in total. The molecule has 1 rings (SSSR count). The van der Waals surface area contributed by atoms with Crippen LogP contribution in [0.5, 0.6) is 0 Å². The van der Waals surface area contributed by atoms with Crippen molar-refractivity contribution in [2.75, 3.05) is 45.0 Å². The number of amides is 1. The van der Waals surface area contributed by atoms with Crippen LogP contribution in [0, 0.1) is 0 Å². The Hall–Kier alpha value is -1.38. The SMILES string of the molecule is COCCNc1nc(N)c(C(=O)N(C)C(C)(C)CO)s1. The summed E-state index contributed by atoms with van der Waals surface area (Å²) in [5, 5.41) is 12.9. The number of nitrogen functional groups attached to an aromatic ring is 1. The third kappa shape index (κ3) is 3.81. The van der Waals surface area contributed by atoms with Gasteiger partial charge in [0, 0.05) is 20.7 Å². The number of carbonyl (C=O) groups is 1. The van der Waals surface area contributed by atoms with Gasteiger partial charge in [-0.25, -0.2) is 4.98 Å². The minimum Gasteiger partial charge on any atom is -0.394 e. The molecule has 1 aromatic rings. The molecule has 0 unspecified atom stereocenters. The van der Waals surface area contributed by atoms with Gasteiger partial charge in [-0.2, -0.15) is 0 Å². The molecule has 0 aliphatic carbocycles. The lowest BCUT2D eigenvalue weighted by Crippen LogP contribution is -2.47. The molecule has 0 spiro atoms. The van der Waals surface area contributed by atoms with Gasteiger partial charge in [0.15, 0.2) is 5.13 Å². The maximum Gasteiger partial charge on any atom is 0.268 e. The van der Waals surface area contributed by atoms with Crippen molar-refractivity contribution in [3.63, 3.8) is 0 Å². The molecule has 0 saturated carbocycles. The van der Waals surface area contributed by atoms with Crippen LogP contribution < -0.4 is 11.1 Å². The van der Waals surface area contributed by atoms with Gasteiger partial charge in [-0.3, -0.25) is 4.79 Å². The molecule has 8 heteroatoms. The zero-order valence-electron chi connectivity index (χ0n) is 12.3. The Kier molecular flexibility index (Phi) is 5.73. The highest BCUT2D eigenvalue weighted by molar-refractivity contribution is 7.18. The average molecular weight is 302 g/mol. The zero-order chi connectivity index (χ0) is 15.3. The smallest absolute Gasteiger partial charge is 0.268 e. The Morgan fingerprint density at radius 3 is 2.80 bits per heavy atom. The Morgan fingerprint density at radius 1 is 1.60 bits per heavy atom. The number of thiazole rings is 1. The normalized spacial score (nSPS) is 11.4. The van der Waals surface area contributed by atoms with Crippen LogP contribution in [0.2, 0.25) is 0 Å². The molecule has 0 aliphatic heterocycles. The van der Waals surface area contributed by atoms with Crippen molar-refractivity contribution < 1.29 is 14.6 Å². The number of likely N-dealkylation sites (N-methyl/N-ethyl adjacent to an activating group) is 1. The quantitative estimate of drug-likeness (QED) is 0.639. The number of aliphatic hydroxyl groups excluding tert-OH is 1. The molecular formula is C12H22N4O3S. The third-order valence-corrected chi connectivity index (χ3v) is 4.05. The molecule has 0 aromatic carbocycles. The summed E-state index contributed by atoms with van der Waals surface area (Å²) >= 11 is 1.20. The van der Waals surface area contributed by atoms with Gasteiger partial charge >= 0.3 is 0 Å². The molecule has 1 heterocycles. The van der Waals surface area contributed by atoms with E-state index in [1.165, 1.54) is 16.2 Å². The monoisotopic (exact) mass is 302 g/mol. The highest BCUT2D eigenvalue weighted by atomic mass is 32.1. The Labute approximate surface area is 122 Å². The van der Waals surface area contributed by atoms with E-state index in [0.717, 1.165) is 0 Å². The number of hydrogen-bond acceptors (Lipinski definition) is 7. The van der Waals surface area contributed by atoms with Crippen LogP contribution in [-0.4, -0.2) is 60.4 Å². The minimum absolute atomic E-state index is 0.132. The van der Waals surface area contributed by atoms with E-state index in [1.54, 1.807) is 28.0 Å². The van der Waals surface area contributed by atoms with Gasteiger partial charge in [0.2, 0.25) is 0 Å². The number of methoxy groups -OCH3 is 1. The second kappa shape index (κ2) is 6.87. The van der Waals surface area contributed by atoms with Crippen molar-refractivity contribution in [3.8, 4) is 0 Å². The van der Waals surface area contributed by atoms with E-state index in [9.17, 15) is 9.90 Å².